The van der Waals surface area contributed by atoms with Gasteiger partial charge in [-0.15, -0.1) is 0 Å². The summed E-state index contributed by atoms with van der Waals surface area (Å²) in [6, 6.07) is 8.08. The average Bonchev–Trinajstić information content (AvgIpc) is 3.09. The lowest BCUT2D eigenvalue weighted by molar-refractivity contribution is -0.121. The van der Waals surface area contributed by atoms with Crippen LogP contribution in [0.1, 0.15) is 37.7 Å². The summed E-state index contributed by atoms with van der Waals surface area (Å²) in [5.74, 6) is 3.69. The molecule has 3 fully saturated rings. The van der Waals surface area contributed by atoms with E-state index in [1.165, 1.54) is 32.1 Å². The van der Waals surface area contributed by atoms with Crippen LogP contribution in [-0.2, 0) is 11.2 Å². The van der Waals surface area contributed by atoms with Gasteiger partial charge in [0.2, 0.25) is 5.91 Å². The van der Waals surface area contributed by atoms with Crippen molar-refractivity contribution in [3.05, 3.63) is 29.8 Å². The number of nitrogens with one attached hydrogen (secondary N) is 1. The van der Waals surface area contributed by atoms with Gasteiger partial charge in [0, 0.05) is 11.7 Å². The first-order valence-corrected chi connectivity index (χ1v) is 8.34. The fourth-order valence-electron chi connectivity index (χ4n) is 5.38. The molecule has 21 heavy (non-hydrogen) atoms. The van der Waals surface area contributed by atoms with Crippen molar-refractivity contribution in [3.63, 3.8) is 0 Å². The number of rotatable bonds is 3. The molecule has 0 spiro atoms. The first-order chi connectivity index (χ1) is 10.2. The highest BCUT2D eigenvalue weighted by Crippen LogP contribution is 2.58. The Morgan fingerprint density at radius 3 is 2.90 bits per heavy atom. The number of carbonyl (C=O) groups excluding carboxylic acids is 1. The zero-order valence-electron chi connectivity index (χ0n) is 12.4. The van der Waals surface area contributed by atoms with Crippen LogP contribution in [0.3, 0.4) is 0 Å². The summed E-state index contributed by atoms with van der Waals surface area (Å²) in [6.45, 7) is 0. The van der Waals surface area contributed by atoms with Gasteiger partial charge in [-0.05, 0) is 67.1 Å². The topological polar surface area (TPSA) is 55.1 Å². The van der Waals surface area contributed by atoms with Crippen LogP contribution in [0.15, 0.2) is 24.3 Å². The lowest BCUT2D eigenvalue weighted by atomic mass is 9.79. The Morgan fingerprint density at radius 2 is 2.05 bits per heavy atom. The van der Waals surface area contributed by atoms with Crippen LogP contribution in [0.25, 0.3) is 0 Å². The number of amides is 1. The predicted molar refractivity (Wildman–Crippen MR) is 83.5 cm³/mol. The minimum absolute atomic E-state index is 0.160. The quantitative estimate of drug-likeness (QED) is 0.839. The molecule has 3 N–H and O–H groups in total. The van der Waals surface area contributed by atoms with Gasteiger partial charge < -0.3 is 11.1 Å². The van der Waals surface area contributed by atoms with E-state index >= 15 is 0 Å². The normalized spacial score (nSPS) is 36.7. The molecular weight excluding hydrogens is 260 g/mol. The van der Waals surface area contributed by atoms with E-state index < -0.39 is 0 Å². The number of hydrogen-bond donors (Lipinski definition) is 2. The molecule has 1 aromatic carbocycles. The van der Waals surface area contributed by atoms with E-state index in [0.29, 0.717) is 12.5 Å². The summed E-state index contributed by atoms with van der Waals surface area (Å²) >= 11 is 0. The molecule has 5 unspecified atom stereocenters. The molecule has 3 aliphatic rings. The van der Waals surface area contributed by atoms with Gasteiger partial charge in [0.1, 0.15) is 0 Å². The van der Waals surface area contributed by atoms with E-state index in [1.54, 1.807) is 0 Å². The molecule has 2 bridgehead atoms. The Morgan fingerprint density at radius 1 is 1.19 bits per heavy atom. The van der Waals surface area contributed by atoms with E-state index in [1.807, 2.05) is 24.3 Å². The van der Waals surface area contributed by atoms with E-state index in [0.717, 1.165) is 34.9 Å². The van der Waals surface area contributed by atoms with Gasteiger partial charge >= 0.3 is 0 Å². The maximum Gasteiger partial charge on any atom is 0.224 e. The van der Waals surface area contributed by atoms with Crippen molar-refractivity contribution in [2.24, 2.45) is 23.7 Å². The number of nitrogen functional groups attached to an aromatic ring is 1. The fraction of sp³-hybridized carbons (Fsp3) is 0.611. The summed E-state index contributed by atoms with van der Waals surface area (Å²) in [6.07, 6.45) is 7.27. The molecule has 112 valence electrons. The minimum Gasteiger partial charge on any atom is -0.399 e. The van der Waals surface area contributed by atoms with Crippen LogP contribution >= 0.6 is 0 Å². The second kappa shape index (κ2) is 5.04. The first kappa shape index (κ1) is 13.2. The molecule has 0 saturated heterocycles. The number of nitrogens with two attached hydrogens (primary N) is 1. The minimum atomic E-state index is 0.160. The fourth-order valence-corrected chi connectivity index (χ4v) is 5.38. The first-order valence-electron chi connectivity index (χ1n) is 8.34. The second-order valence-electron chi connectivity index (χ2n) is 7.25. The molecular formula is C18H24N2O. The van der Waals surface area contributed by atoms with Gasteiger partial charge in [0.05, 0.1) is 6.42 Å². The van der Waals surface area contributed by atoms with Crippen molar-refractivity contribution in [2.75, 3.05) is 5.73 Å². The molecule has 3 heteroatoms. The third-order valence-electron chi connectivity index (χ3n) is 6.09. The van der Waals surface area contributed by atoms with Gasteiger partial charge in [-0.3, -0.25) is 4.79 Å². The Balaban J connectivity index is 1.37. The SMILES string of the molecule is Nc1cccc(CC(=O)NC2CC3CC2C2CCCC32)c1. The van der Waals surface area contributed by atoms with Crippen LogP contribution in [-0.4, -0.2) is 11.9 Å². The third kappa shape index (κ3) is 2.33. The zero-order chi connectivity index (χ0) is 14.4. The number of carbonyl (C=O) groups is 1. The molecule has 0 radical (unpaired) electrons. The lowest BCUT2D eigenvalue weighted by Gasteiger charge is -2.32. The van der Waals surface area contributed by atoms with Crippen LogP contribution in [0.2, 0.25) is 0 Å². The molecule has 3 nitrogen and oxygen atoms in total. The van der Waals surface area contributed by atoms with E-state index in [2.05, 4.69) is 5.32 Å². The maximum absolute atomic E-state index is 12.3. The van der Waals surface area contributed by atoms with Gasteiger partial charge in [0.15, 0.2) is 0 Å². The van der Waals surface area contributed by atoms with E-state index in [-0.39, 0.29) is 5.91 Å². The van der Waals surface area contributed by atoms with Crippen molar-refractivity contribution >= 4 is 11.6 Å². The highest BCUT2D eigenvalue weighted by molar-refractivity contribution is 5.79. The summed E-state index contributed by atoms with van der Waals surface area (Å²) in [5.41, 5.74) is 7.51. The van der Waals surface area contributed by atoms with Crippen molar-refractivity contribution in [1.29, 1.82) is 0 Å². The smallest absolute Gasteiger partial charge is 0.224 e. The van der Waals surface area contributed by atoms with Crippen molar-refractivity contribution in [2.45, 2.75) is 44.6 Å². The second-order valence-corrected chi connectivity index (χ2v) is 7.25. The predicted octanol–water partition coefficient (Wildman–Crippen LogP) is 2.75. The summed E-state index contributed by atoms with van der Waals surface area (Å²) < 4.78 is 0. The average molecular weight is 284 g/mol. The number of hydrogen-bond acceptors (Lipinski definition) is 2. The molecule has 3 saturated carbocycles. The summed E-state index contributed by atoms with van der Waals surface area (Å²) in [5, 5.41) is 3.31. The van der Waals surface area contributed by atoms with Crippen LogP contribution < -0.4 is 11.1 Å². The van der Waals surface area contributed by atoms with Gasteiger partial charge in [-0.25, -0.2) is 0 Å². The Kier molecular flexibility index (Phi) is 3.16. The highest BCUT2D eigenvalue weighted by Gasteiger charge is 2.53. The van der Waals surface area contributed by atoms with Gasteiger partial charge in [-0.2, -0.15) is 0 Å². The van der Waals surface area contributed by atoms with Crippen molar-refractivity contribution in [3.8, 4) is 0 Å². The Hall–Kier alpha value is -1.51. The Bertz CT molecular complexity index is 556. The largest absolute Gasteiger partial charge is 0.399 e. The highest BCUT2D eigenvalue weighted by atomic mass is 16.1. The molecule has 1 aromatic rings. The third-order valence-corrected chi connectivity index (χ3v) is 6.09. The number of anilines is 1. The molecule has 4 rings (SSSR count). The summed E-state index contributed by atoms with van der Waals surface area (Å²) in [7, 11) is 0. The van der Waals surface area contributed by atoms with Crippen molar-refractivity contribution in [1.82, 2.24) is 5.32 Å². The van der Waals surface area contributed by atoms with Crippen LogP contribution in [0.5, 0.6) is 0 Å². The molecule has 1 amide bonds. The monoisotopic (exact) mass is 284 g/mol. The summed E-state index contributed by atoms with van der Waals surface area (Å²) in [4.78, 5) is 12.3. The number of fused-ring (bicyclic) bond motifs is 5. The van der Waals surface area contributed by atoms with E-state index in [4.69, 9.17) is 5.73 Å². The molecule has 3 aliphatic carbocycles. The molecule has 5 atom stereocenters. The van der Waals surface area contributed by atoms with Gasteiger partial charge in [0.25, 0.3) is 0 Å². The van der Waals surface area contributed by atoms with Crippen molar-refractivity contribution < 1.29 is 4.79 Å². The zero-order valence-corrected chi connectivity index (χ0v) is 12.4. The number of benzene rings is 1. The van der Waals surface area contributed by atoms with Crippen LogP contribution in [0, 0.1) is 23.7 Å². The Labute approximate surface area is 126 Å². The maximum atomic E-state index is 12.3. The van der Waals surface area contributed by atoms with E-state index in [9.17, 15) is 4.79 Å². The molecule has 0 heterocycles. The van der Waals surface area contributed by atoms with Crippen LogP contribution in [0.4, 0.5) is 5.69 Å². The van der Waals surface area contributed by atoms with Gasteiger partial charge in [-0.1, -0.05) is 18.6 Å². The standard InChI is InChI=1S/C18H24N2O/c19-13-4-1-3-11(7-13)8-18(21)20-17-10-12-9-16(17)15-6-2-5-14(12)15/h1,3-4,7,12,14-17H,2,5-6,8-10,19H2,(H,20,21). The molecule has 0 aliphatic heterocycles. The molecule has 0 aromatic heterocycles. The lowest BCUT2D eigenvalue weighted by Crippen LogP contribution is -2.43.